The number of ether oxygens (including phenoxy) is 1. The molecule has 0 saturated carbocycles. The zero-order valence-corrected chi connectivity index (χ0v) is 17.1. The van der Waals surface area contributed by atoms with Crippen LogP contribution in [0.4, 0.5) is 5.69 Å². The Bertz CT molecular complexity index is 992. The average molecular weight is 417 g/mol. The minimum absolute atomic E-state index is 0.0126. The largest absolute Gasteiger partial charge is 0.465 e. The second kappa shape index (κ2) is 8.17. The Morgan fingerprint density at radius 3 is 2.43 bits per heavy atom. The summed E-state index contributed by atoms with van der Waals surface area (Å²) < 4.78 is 4.76. The Morgan fingerprint density at radius 1 is 1.14 bits per heavy atom. The van der Waals surface area contributed by atoms with Gasteiger partial charge in [0.25, 0.3) is 5.91 Å². The maximum absolute atomic E-state index is 13.1. The summed E-state index contributed by atoms with van der Waals surface area (Å²) in [6.07, 6.45) is 1.72. The van der Waals surface area contributed by atoms with E-state index in [2.05, 4.69) is 5.10 Å². The molecule has 0 radical (unpaired) electrons. The molecule has 0 atom stereocenters. The second-order valence-electron chi connectivity index (χ2n) is 6.56. The van der Waals surface area contributed by atoms with Crippen molar-refractivity contribution in [1.82, 2.24) is 0 Å². The summed E-state index contributed by atoms with van der Waals surface area (Å²) in [4.78, 5) is 24.9. The molecular formula is C21H18Cl2N2O3. The minimum Gasteiger partial charge on any atom is -0.465 e. The topological polar surface area (TPSA) is 59.0 Å². The Labute approximate surface area is 173 Å². The molecule has 0 unspecified atom stereocenters. The zero-order chi connectivity index (χ0) is 20.4. The van der Waals surface area contributed by atoms with Crippen LogP contribution in [0.5, 0.6) is 0 Å². The first-order valence-corrected chi connectivity index (χ1v) is 9.35. The molecule has 0 fully saturated rings. The summed E-state index contributed by atoms with van der Waals surface area (Å²) in [5, 5.41) is 6.62. The van der Waals surface area contributed by atoms with Gasteiger partial charge in [-0.1, -0.05) is 49.2 Å². The zero-order valence-electron chi connectivity index (χ0n) is 15.6. The van der Waals surface area contributed by atoms with Crippen LogP contribution >= 0.6 is 23.2 Å². The number of nitrogens with zero attached hydrogens (tertiary/aromatic N) is 2. The molecular weight excluding hydrogens is 399 g/mol. The van der Waals surface area contributed by atoms with Crippen LogP contribution in [0.2, 0.25) is 10.0 Å². The summed E-state index contributed by atoms with van der Waals surface area (Å²) in [5.74, 6) is -0.713. The van der Waals surface area contributed by atoms with Gasteiger partial charge >= 0.3 is 5.97 Å². The highest BCUT2D eigenvalue weighted by Gasteiger charge is 2.32. The number of carbonyl (C=O) groups is 2. The number of methoxy groups -OCH3 is 1. The predicted octanol–water partition coefficient (Wildman–Crippen LogP) is 5.22. The van der Waals surface area contributed by atoms with Crippen LogP contribution in [-0.4, -0.2) is 24.7 Å². The molecule has 0 aromatic heterocycles. The first-order chi connectivity index (χ1) is 13.3. The smallest absolute Gasteiger partial charge is 0.337 e. The van der Waals surface area contributed by atoms with E-state index in [0.29, 0.717) is 38.1 Å². The first kappa shape index (κ1) is 20.1. The molecule has 7 heteroatoms. The number of benzene rings is 2. The number of amides is 1. The summed E-state index contributed by atoms with van der Waals surface area (Å²) in [5.41, 5.74) is 2.69. The number of hydrogen-bond donors (Lipinski definition) is 0. The summed E-state index contributed by atoms with van der Waals surface area (Å²) in [6, 6.07) is 11.7. The monoisotopic (exact) mass is 416 g/mol. The van der Waals surface area contributed by atoms with Gasteiger partial charge < -0.3 is 4.74 Å². The van der Waals surface area contributed by atoms with E-state index in [1.54, 1.807) is 42.5 Å². The van der Waals surface area contributed by atoms with Gasteiger partial charge in [-0.05, 0) is 47.9 Å². The van der Waals surface area contributed by atoms with Crippen LogP contribution in [-0.2, 0) is 9.53 Å². The van der Waals surface area contributed by atoms with E-state index in [4.69, 9.17) is 27.9 Å². The molecule has 2 aromatic carbocycles. The Hall–Kier alpha value is -2.63. The lowest BCUT2D eigenvalue weighted by atomic mass is 9.97. The van der Waals surface area contributed by atoms with E-state index in [1.165, 1.54) is 12.1 Å². The number of anilines is 1. The molecule has 1 aliphatic heterocycles. The standard InChI is InChI=1S/C21H18Cl2N2O3/c1-12(2)19-18(8-13-5-4-6-14(7-13)21(27)28-3)20(26)25(24-19)17-10-15(22)9-16(23)11-17/h4-12H,1-3H3. The van der Waals surface area contributed by atoms with E-state index in [1.807, 2.05) is 19.9 Å². The van der Waals surface area contributed by atoms with Crippen molar-refractivity contribution in [2.45, 2.75) is 13.8 Å². The van der Waals surface area contributed by atoms with Gasteiger partial charge in [-0.15, -0.1) is 0 Å². The SMILES string of the molecule is COC(=O)c1cccc(C=C2C(=O)N(c3cc(Cl)cc(Cl)c3)N=C2C(C)C)c1. The van der Waals surface area contributed by atoms with E-state index in [-0.39, 0.29) is 11.8 Å². The van der Waals surface area contributed by atoms with Gasteiger partial charge in [0.15, 0.2) is 0 Å². The third kappa shape index (κ3) is 4.11. The number of hydrazone groups is 1. The van der Waals surface area contributed by atoms with Crippen LogP contribution in [0.1, 0.15) is 29.8 Å². The number of rotatable bonds is 4. The van der Waals surface area contributed by atoms with Crippen LogP contribution in [0, 0.1) is 5.92 Å². The van der Waals surface area contributed by atoms with Crippen molar-refractivity contribution in [1.29, 1.82) is 0 Å². The fourth-order valence-corrected chi connectivity index (χ4v) is 3.38. The van der Waals surface area contributed by atoms with E-state index >= 15 is 0 Å². The number of hydrogen-bond acceptors (Lipinski definition) is 4. The van der Waals surface area contributed by atoms with Gasteiger partial charge in [0.2, 0.25) is 0 Å². The average Bonchev–Trinajstić information content (AvgIpc) is 2.97. The molecule has 144 valence electrons. The summed E-state index contributed by atoms with van der Waals surface area (Å²) in [6.45, 7) is 3.92. The van der Waals surface area contributed by atoms with Gasteiger partial charge in [0.05, 0.1) is 29.6 Å². The van der Waals surface area contributed by atoms with E-state index in [0.717, 1.165) is 0 Å². The van der Waals surface area contributed by atoms with Crippen molar-refractivity contribution in [3.63, 3.8) is 0 Å². The minimum atomic E-state index is -0.439. The maximum Gasteiger partial charge on any atom is 0.337 e. The normalized spacial score (nSPS) is 15.4. The molecule has 1 amide bonds. The van der Waals surface area contributed by atoms with Crippen molar-refractivity contribution in [3.05, 3.63) is 69.2 Å². The highest BCUT2D eigenvalue weighted by Crippen LogP contribution is 2.31. The Morgan fingerprint density at radius 2 is 1.82 bits per heavy atom. The van der Waals surface area contributed by atoms with E-state index < -0.39 is 5.97 Å². The fraction of sp³-hybridized carbons (Fsp3) is 0.190. The molecule has 0 aliphatic carbocycles. The van der Waals surface area contributed by atoms with Gasteiger partial charge in [-0.3, -0.25) is 4.79 Å². The summed E-state index contributed by atoms with van der Waals surface area (Å²) >= 11 is 12.1. The third-order valence-electron chi connectivity index (χ3n) is 4.16. The molecule has 3 rings (SSSR count). The molecule has 0 spiro atoms. The lowest BCUT2D eigenvalue weighted by molar-refractivity contribution is -0.114. The Balaban J connectivity index is 2.04. The van der Waals surface area contributed by atoms with Gasteiger partial charge in [0.1, 0.15) is 0 Å². The first-order valence-electron chi connectivity index (χ1n) is 8.59. The van der Waals surface area contributed by atoms with Crippen molar-refractivity contribution in [2.75, 3.05) is 12.1 Å². The van der Waals surface area contributed by atoms with Crippen LogP contribution in [0.3, 0.4) is 0 Å². The molecule has 0 bridgehead atoms. The van der Waals surface area contributed by atoms with Crippen molar-refractivity contribution in [3.8, 4) is 0 Å². The van der Waals surface area contributed by atoms with E-state index in [9.17, 15) is 9.59 Å². The fourth-order valence-electron chi connectivity index (χ4n) is 2.87. The number of carbonyl (C=O) groups excluding carboxylic acids is 2. The summed E-state index contributed by atoms with van der Waals surface area (Å²) in [7, 11) is 1.32. The van der Waals surface area contributed by atoms with Gasteiger partial charge in [0, 0.05) is 10.0 Å². The molecule has 5 nitrogen and oxygen atoms in total. The second-order valence-corrected chi connectivity index (χ2v) is 7.43. The van der Waals surface area contributed by atoms with Crippen molar-refractivity contribution in [2.24, 2.45) is 11.0 Å². The molecule has 0 saturated heterocycles. The molecule has 1 aliphatic rings. The molecule has 1 heterocycles. The number of halogens is 2. The quantitative estimate of drug-likeness (QED) is 0.506. The van der Waals surface area contributed by atoms with Gasteiger partial charge in [-0.2, -0.15) is 10.1 Å². The van der Waals surface area contributed by atoms with Crippen LogP contribution in [0.25, 0.3) is 6.08 Å². The number of esters is 1. The van der Waals surface area contributed by atoms with Gasteiger partial charge in [-0.25, -0.2) is 4.79 Å². The van der Waals surface area contributed by atoms with Crippen LogP contribution in [0.15, 0.2) is 53.1 Å². The van der Waals surface area contributed by atoms with Crippen molar-refractivity contribution < 1.29 is 14.3 Å². The molecule has 0 N–H and O–H groups in total. The maximum atomic E-state index is 13.1. The molecule has 2 aromatic rings. The third-order valence-corrected chi connectivity index (χ3v) is 4.60. The lowest BCUT2D eigenvalue weighted by Gasteiger charge is -2.12. The predicted molar refractivity (Wildman–Crippen MR) is 112 cm³/mol. The Kier molecular flexibility index (Phi) is 5.87. The van der Waals surface area contributed by atoms with Crippen molar-refractivity contribution >= 4 is 52.6 Å². The lowest BCUT2D eigenvalue weighted by Crippen LogP contribution is -2.21. The molecule has 28 heavy (non-hydrogen) atoms. The highest BCUT2D eigenvalue weighted by atomic mass is 35.5. The highest BCUT2D eigenvalue weighted by molar-refractivity contribution is 6.36. The van der Waals surface area contributed by atoms with Crippen LogP contribution < -0.4 is 5.01 Å².